The maximum Gasteiger partial charge on any atom is 0.354 e. The summed E-state index contributed by atoms with van der Waals surface area (Å²) in [6.45, 7) is 2.69. The number of rotatable bonds is 4. The third kappa shape index (κ3) is 2.49. The fraction of sp³-hybridized carbons (Fsp3) is 0.500. The van der Waals surface area contributed by atoms with E-state index < -0.39 is 10.9 Å². The van der Waals surface area contributed by atoms with E-state index >= 15 is 0 Å². The molecule has 1 aromatic rings. The molecule has 7 nitrogen and oxygen atoms in total. The molecule has 102 valence electrons. The largest absolute Gasteiger partial charge is 0.477 e. The van der Waals surface area contributed by atoms with Gasteiger partial charge in [-0.3, -0.25) is 10.1 Å². The van der Waals surface area contributed by atoms with E-state index in [1.54, 1.807) is 0 Å². The summed E-state index contributed by atoms with van der Waals surface area (Å²) in [7, 11) is 0. The number of pyridine rings is 1. The average molecular weight is 265 g/mol. The molecule has 1 unspecified atom stereocenters. The summed E-state index contributed by atoms with van der Waals surface area (Å²) in [6.07, 6.45) is 2.75. The van der Waals surface area contributed by atoms with Crippen LogP contribution >= 0.6 is 0 Å². The quantitative estimate of drug-likeness (QED) is 0.661. The van der Waals surface area contributed by atoms with Gasteiger partial charge in [-0.1, -0.05) is 6.92 Å². The van der Waals surface area contributed by atoms with E-state index in [4.69, 9.17) is 5.11 Å². The van der Waals surface area contributed by atoms with Crippen molar-refractivity contribution in [2.24, 2.45) is 0 Å². The number of carboxylic acids is 1. The van der Waals surface area contributed by atoms with Crippen molar-refractivity contribution in [1.29, 1.82) is 0 Å². The van der Waals surface area contributed by atoms with Crippen molar-refractivity contribution < 1.29 is 14.8 Å². The van der Waals surface area contributed by atoms with Crippen LogP contribution in [0.1, 0.15) is 36.7 Å². The molecule has 0 bridgehead atoms. The lowest BCUT2D eigenvalue weighted by atomic mass is 10.1. The lowest BCUT2D eigenvalue weighted by Gasteiger charge is -2.24. The number of nitro groups is 1. The first-order valence-electron chi connectivity index (χ1n) is 6.20. The first-order valence-corrected chi connectivity index (χ1v) is 6.20. The molecule has 2 heterocycles. The molecule has 1 atom stereocenters. The van der Waals surface area contributed by atoms with Gasteiger partial charge in [-0.05, 0) is 25.3 Å². The summed E-state index contributed by atoms with van der Waals surface area (Å²) in [5.74, 6) is -1.00. The normalized spacial score (nSPS) is 18.6. The Morgan fingerprint density at radius 1 is 1.63 bits per heavy atom. The highest BCUT2D eigenvalue weighted by Crippen LogP contribution is 2.32. The summed E-state index contributed by atoms with van der Waals surface area (Å²) in [5, 5.41) is 20.0. The van der Waals surface area contributed by atoms with E-state index in [0.717, 1.165) is 19.3 Å². The fourth-order valence-electron chi connectivity index (χ4n) is 2.45. The van der Waals surface area contributed by atoms with Gasteiger partial charge < -0.3 is 10.0 Å². The predicted molar refractivity (Wildman–Crippen MR) is 68.5 cm³/mol. The molecule has 1 saturated heterocycles. The first-order chi connectivity index (χ1) is 9.04. The maximum atomic E-state index is 11.0. The molecule has 7 heteroatoms. The highest BCUT2D eigenvalue weighted by Gasteiger charge is 2.30. The molecule has 1 aliphatic heterocycles. The number of aromatic carboxylic acids is 1. The molecule has 0 saturated carbocycles. The van der Waals surface area contributed by atoms with Crippen LogP contribution in [0.4, 0.5) is 11.5 Å². The number of carbonyl (C=O) groups is 1. The molecule has 1 aromatic heterocycles. The smallest absolute Gasteiger partial charge is 0.354 e. The molecule has 0 radical (unpaired) electrons. The summed E-state index contributed by atoms with van der Waals surface area (Å²) >= 11 is 0. The Kier molecular flexibility index (Phi) is 3.64. The van der Waals surface area contributed by atoms with E-state index in [-0.39, 0.29) is 23.2 Å². The Labute approximate surface area is 110 Å². The Morgan fingerprint density at radius 3 is 2.95 bits per heavy atom. The fourth-order valence-corrected chi connectivity index (χ4v) is 2.45. The third-order valence-corrected chi connectivity index (χ3v) is 3.39. The first kappa shape index (κ1) is 13.3. The van der Waals surface area contributed by atoms with Gasteiger partial charge in [0.2, 0.25) is 5.82 Å². The van der Waals surface area contributed by atoms with Gasteiger partial charge in [-0.2, -0.15) is 0 Å². The van der Waals surface area contributed by atoms with Crippen LogP contribution in [0, 0.1) is 10.1 Å². The van der Waals surface area contributed by atoms with Crippen molar-refractivity contribution in [3.05, 3.63) is 27.9 Å². The van der Waals surface area contributed by atoms with Gasteiger partial charge in [0.1, 0.15) is 0 Å². The zero-order valence-corrected chi connectivity index (χ0v) is 10.6. The van der Waals surface area contributed by atoms with E-state index in [9.17, 15) is 14.9 Å². The van der Waals surface area contributed by atoms with Crippen LogP contribution in [0.5, 0.6) is 0 Å². The van der Waals surface area contributed by atoms with Crippen LogP contribution < -0.4 is 4.90 Å². The monoisotopic (exact) mass is 265 g/mol. The van der Waals surface area contributed by atoms with E-state index in [2.05, 4.69) is 4.98 Å². The van der Waals surface area contributed by atoms with Gasteiger partial charge in [0, 0.05) is 18.7 Å². The van der Waals surface area contributed by atoms with E-state index in [1.165, 1.54) is 12.1 Å². The number of hydrogen-bond donors (Lipinski definition) is 1. The van der Waals surface area contributed by atoms with Gasteiger partial charge in [0.05, 0.1) is 4.92 Å². The number of anilines is 1. The molecular weight excluding hydrogens is 250 g/mol. The molecule has 2 rings (SSSR count). The van der Waals surface area contributed by atoms with Crippen molar-refractivity contribution in [2.75, 3.05) is 11.4 Å². The minimum absolute atomic E-state index is 0.134. The van der Waals surface area contributed by atoms with Crippen LogP contribution in [0.25, 0.3) is 0 Å². The van der Waals surface area contributed by atoms with Crippen molar-refractivity contribution in [2.45, 2.75) is 32.2 Å². The lowest BCUT2D eigenvalue weighted by Crippen LogP contribution is -2.30. The Balaban J connectivity index is 2.48. The third-order valence-electron chi connectivity index (χ3n) is 3.39. The van der Waals surface area contributed by atoms with Crippen LogP contribution in [-0.2, 0) is 0 Å². The minimum atomic E-state index is -1.18. The van der Waals surface area contributed by atoms with Gasteiger partial charge in [-0.25, -0.2) is 9.78 Å². The summed E-state index contributed by atoms with van der Waals surface area (Å²) in [4.78, 5) is 27.3. The summed E-state index contributed by atoms with van der Waals surface area (Å²) < 4.78 is 0. The highest BCUT2D eigenvalue weighted by molar-refractivity contribution is 5.86. The predicted octanol–water partition coefficient (Wildman–Crippen LogP) is 2.07. The van der Waals surface area contributed by atoms with Crippen LogP contribution in [0.2, 0.25) is 0 Å². The Morgan fingerprint density at radius 2 is 2.37 bits per heavy atom. The zero-order chi connectivity index (χ0) is 14.0. The standard InChI is InChI=1S/C12H15N3O4/c1-2-8-4-3-7-14(8)11-10(15(18)19)6-5-9(13-11)12(16)17/h5-6,8H,2-4,7H2,1H3,(H,16,17). The number of hydrogen-bond acceptors (Lipinski definition) is 5. The molecule has 0 aliphatic carbocycles. The van der Waals surface area contributed by atoms with Gasteiger partial charge in [0.25, 0.3) is 0 Å². The Hall–Kier alpha value is -2.18. The molecule has 19 heavy (non-hydrogen) atoms. The van der Waals surface area contributed by atoms with E-state index in [1.807, 2.05) is 11.8 Å². The van der Waals surface area contributed by atoms with Crippen molar-refractivity contribution >= 4 is 17.5 Å². The second-order valence-electron chi connectivity index (χ2n) is 4.50. The van der Waals surface area contributed by atoms with E-state index in [0.29, 0.717) is 6.54 Å². The van der Waals surface area contributed by atoms with Crippen LogP contribution in [-0.4, -0.2) is 33.6 Å². The second kappa shape index (κ2) is 5.21. The Bertz CT molecular complexity index is 518. The van der Waals surface area contributed by atoms with Crippen LogP contribution in [0.3, 0.4) is 0 Å². The molecular formula is C12H15N3O4. The number of nitrogens with zero attached hydrogens (tertiary/aromatic N) is 3. The molecule has 1 fully saturated rings. The van der Waals surface area contributed by atoms with Crippen molar-refractivity contribution in [3.63, 3.8) is 0 Å². The molecule has 0 spiro atoms. The number of carboxylic acid groups (broad SMARTS) is 1. The van der Waals surface area contributed by atoms with Crippen molar-refractivity contribution in [3.8, 4) is 0 Å². The second-order valence-corrected chi connectivity index (χ2v) is 4.50. The molecule has 0 amide bonds. The number of aromatic nitrogens is 1. The average Bonchev–Trinajstić information content (AvgIpc) is 2.85. The van der Waals surface area contributed by atoms with Gasteiger partial charge in [-0.15, -0.1) is 0 Å². The molecule has 1 N–H and O–H groups in total. The SMILES string of the molecule is CCC1CCCN1c1nc(C(=O)O)ccc1[N+](=O)[O-]. The van der Waals surface area contributed by atoms with Gasteiger partial charge >= 0.3 is 11.7 Å². The summed E-state index contributed by atoms with van der Waals surface area (Å²) in [5.41, 5.74) is -0.298. The molecule has 0 aromatic carbocycles. The molecule has 1 aliphatic rings. The van der Waals surface area contributed by atoms with Crippen LogP contribution in [0.15, 0.2) is 12.1 Å². The highest BCUT2D eigenvalue weighted by atomic mass is 16.6. The minimum Gasteiger partial charge on any atom is -0.477 e. The van der Waals surface area contributed by atoms with Gasteiger partial charge in [0.15, 0.2) is 5.69 Å². The zero-order valence-electron chi connectivity index (χ0n) is 10.6. The van der Waals surface area contributed by atoms with Crippen molar-refractivity contribution in [1.82, 2.24) is 4.98 Å². The maximum absolute atomic E-state index is 11.0. The topological polar surface area (TPSA) is 96.6 Å². The lowest BCUT2D eigenvalue weighted by molar-refractivity contribution is -0.384. The summed E-state index contributed by atoms with van der Waals surface area (Å²) in [6, 6.07) is 2.58.